The molecule has 5 rings (SSSR count). The molecule has 0 spiro atoms. The first kappa shape index (κ1) is 22.3. The molecule has 0 aliphatic heterocycles. The molecule has 0 fully saturated rings. The standard InChI is InChI=1S/C28H21N3O3S/c1-17-15-21(16-22(25(17)32)27-30-23-9-5-6-10-24(23)34-27)29-28(35)31-26(33)20-13-11-19(12-14-20)18-7-3-2-4-8-18/h2-16,32H,1H3,(H2,29,31,33,35). The topological polar surface area (TPSA) is 87.4 Å². The summed E-state index contributed by atoms with van der Waals surface area (Å²) in [5.74, 6) is 0.0382. The molecule has 3 N–H and O–H groups in total. The van der Waals surface area contributed by atoms with Crippen LogP contribution in [0.2, 0.25) is 0 Å². The second kappa shape index (κ2) is 9.40. The largest absolute Gasteiger partial charge is 0.507 e. The van der Waals surface area contributed by atoms with Gasteiger partial charge in [0, 0.05) is 11.3 Å². The lowest BCUT2D eigenvalue weighted by Crippen LogP contribution is -2.34. The maximum atomic E-state index is 12.7. The number of benzene rings is 4. The Morgan fingerprint density at radius 3 is 2.34 bits per heavy atom. The molecular weight excluding hydrogens is 458 g/mol. The van der Waals surface area contributed by atoms with Crippen molar-refractivity contribution in [2.24, 2.45) is 0 Å². The van der Waals surface area contributed by atoms with Crippen LogP contribution in [0.4, 0.5) is 5.69 Å². The van der Waals surface area contributed by atoms with Crippen molar-refractivity contribution in [3.63, 3.8) is 0 Å². The Kier molecular flexibility index (Phi) is 5.99. The molecule has 5 aromatic rings. The Morgan fingerprint density at radius 2 is 1.60 bits per heavy atom. The van der Waals surface area contributed by atoms with E-state index in [1.807, 2.05) is 66.7 Å². The molecule has 0 unspecified atom stereocenters. The Bertz CT molecular complexity index is 1510. The first-order valence-electron chi connectivity index (χ1n) is 11.0. The minimum Gasteiger partial charge on any atom is -0.507 e. The van der Waals surface area contributed by atoms with Gasteiger partial charge in [-0.05, 0) is 72.2 Å². The highest BCUT2D eigenvalue weighted by Crippen LogP contribution is 2.36. The van der Waals surface area contributed by atoms with Gasteiger partial charge in [0.15, 0.2) is 10.7 Å². The monoisotopic (exact) mass is 479 g/mol. The van der Waals surface area contributed by atoms with Gasteiger partial charge in [-0.25, -0.2) is 4.98 Å². The molecule has 35 heavy (non-hydrogen) atoms. The van der Waals surface area contributed by atoms with Gasteiger partial charge in [-0.2, -0.15) is 0 Å². The molecule has 1 heterocycles. The van der Waals surface area contributed by atoms with Crippen molar-refractivity contribution in [2.45, 2.75) is 6.92 Å². The van der Waals surface area contributed by atoms with E-state index in [1.165, 1.54) is 0 Å². The summed E-state index contributed by atoms with van der Waals surface area (Å²) in [5, 5.41) is 16.4. The number of oxazole rings is 1. The Hall–Kier alpha value is -4.49. The number of nitrogens with one attached hydrogen (secondary N) is 2. The van der Waals surface area contributed by atoms with Crippen molar-refractivity contribution in [2.75, 3.05) is 5.32 Å². The molecular formula is C28H21N3O3S. The zero-order valence-corrected chi connectivity index (χ0v) is 19.6. The first-order valence-corrected chi connectivity index (χ1v) is 11.4. The number of phenolic OH excluding ortho intramolecular Hbond substituents is 1. The van der Waals surface area contributed by atoms with E-state index in [-0.39, 0.29) is 16.8 Å². The number of rotatable bonds is 4. The molecule has 0 saturated heterocycles. The van der Waals surface area contributed by atoms with Gasteiger partial charge in [0.1, 0.15) is 11.3 Å². The molecule has 4 aromatic carbocycles. The van der Waals surface area contributed by atoms with Crippen LogP contribution in [0.1, 0.15) is 15.9 Å². The summed E-state index contributed by atoms with van der Waals surface area (Å²) in [7, 11) is 0. The van der Waals surface area contributed by atoms with Crippen LogP contribution in [0.3, 0.4) is 0 Å². The number of aryl methyl sites for hydroxylation is 1. The second-order valence-electron chi connectivity index (χ2n) is 8.03. The number of nitrogens with zero attached hydrogens (tertiary/aromatic N) is 1. The lowest BCUT2D eigenvalue weighted by atomic mass is 10.0. The Morgan fingerprint density at radius 1 is 0.914 bits per heavy atom. The van der Waals surface area contributed by atoms with E-state index in [1.54, 1.807) is 31.2 Å². The summed E-state index contributed by atoms with van der Waals surface area (Å²) in [6.45, 7) is 1.77. The number of carbonyl (C=O) groups is 1. The zero-order valence-electron chi connectivity index (χ0n) is 18.8. The highest BCUT2D eigenvalue weighted by molar-refractivity contribution is 7.80. The van der Waals surface area contributed by atoms with Gasteiger partial charge < -0.3 is 14.8 Å². The highest BCUT2D eigenvalue weighted by atomic mass is 32.1. The average Bonchev–Trinajstić information content (AvgIpc) is 3.31. The fourth-order valence-electron chi connectivity index (χ4n) is 3.78. The third-order valence-corrected chi connectivity index (χ3v) is 5.77. The lowest BCUT2D eigenvalue weighted by Gasteiger charge is -2.13. The number of thiocarbonyl (C=S) groups is 1. The molecule has 0 aliphatic rings. The number of carbonyl (C=O) groups excluding carboxylic acids is 1. The number of para-hydroxylation sites is 2. The maximum Gasteiger partial charge on any atom is 0.257 e. The number of aromatic nitrogens is 1. The summed E-state index contributed by atoms with van der Waals surface area (Å²) in [6, 6.07) is 28.1. The molecule has 1 amide bonds. The minimum atomic E-state index is -0.322. The minimum absolute atomic E-state index is 0.0653. The first-order chi connectivity index (χ1) is 17.0. The van der Waals surface area contributed by atoms with Crippen LogP contribution < -0.4 is 10.6 Å². The van der Waals surface area contributed by atoms with Gasteiger partial charge in [0.25, 0.3) is 5.91 Å². The van der Waals surface area contributed by atoms with Gasteiger partial charge in [0.05, 0.1) is 5.56 Å². The third kappa shape index (κ3) is 4.76. The summed E-state index contributed by atoms with van der Waals surface area (Å²) in [5.41, 5.74) is 5.53. The predicted octanol–water partition coefficient (Wildman–Crippen LogP) is 6.30. The van der Waals surface area contributed by atoms with Crippen molar-refractivity contribution in [1.29, 1.82) is 0 Å². The molecule has 0 radical (unpaired) electrons. The Labute approximate surface area is 207 Å². The molecule has 1 aromatic heterocycles. The van der Waals surface area contributed by atoms with Crippen LogP contribution in [0.5, 0.6) is 5.75 Å². The highest BCUT2D eigenvalue weighted by Gasteiger charge is 2.16. The fourth-order valence-corrected chi connectivity index (χ4v) is 4.00. The van der Waals surface area contributed by atoms with Gasteiger partial charge in [0.2, 0.25) is 5.89 Å². The van der Waals surface area contributed by atoms with E-state index in [0.29, 0.717) is 39.4 Å². The van der Waals surface area contributed by atoms with Crippen LogP contribution in [0.25, 0.3) is 33.7 Å². The van der Waals surface area contributed by atoms with E-state index in [9.17, 15) is 9.90 Å². The van der Waals surface area contributed by atoms with E-state index < -0.39 is 0 Å². The smallest absolute Gasteiger partial charge is 0.257 e. The summed E-state index contributed by atoms with van der Waals surface area (Å²) >= 11 is 5.36. The van der Waals surface area contributed by atoms with E-state index in [4.69, 9.17) is 16.6 Å². The number of anilines is 1. The van der Waals surface area contributed by atoms with Crippen molar-refractivity contribution in [3.05, 3.63) is 102 Å². The number of amides is 1. The molecule has 0 saturated carbocycles. The molecule has 0 atom stereocenters. The molecule has 6 nitrogen and oxygen atoms in total. The van der Waals surface area contributed by atoms with E-state index in [2.05, 4.69) is 15.6 Å². The SMILES string of the molecule is Cc1cc(NC(=S)NC(=O)c2ccc(-c3ccccc3)cc2)cc(-c2nc3ccccc3o2)c1O. The quantitative estimate of drug-likeness (QED) is 0.207. The molecule has 0 aliphatic carbocycles. The van der Waals surface area contributed by atoms with Gasteiger partial charge in [-0.3, -0.25) is 10.1 Å². The maximum absolute atomic E-state index is 12.7. The van der Waals surface area contributed by atoms with Crippen molar-refractivity contribution in [3.8, 4) is 28.3 Å². The summed E-state index contributed by atoms with van der Waals surface area (Å²) in [4.78, 5) is 17.2. The van der Waals surface area contributed by atoms with Crippen LogP contribution in [0, 0.1) is 6.92 Å². The van der Waals surface area contributed by atoms with Gasteiger partial charge in [-0.15, -0.1) is 0 Å². The van der Waals surface area contributed by atoms with Crippen LogP contribution >= 0.6 is 12.2 Å². The number of fused-ring (bicyclic) bond motifs is 1. The van der Waals surface area contributed by atoms with E-state index in [0.717, 1.165) is 11.1 Å². The van der Waals surface area contributed by atoms with Crippen molar-refractivity contribution >= 4 is 40.0 Å². The van der Waals surface area contributed by atoms with Crippen molar-refractivity contribution < 1.29 is 14.3 Å². The summed E-state index contributed by atoms with van der Waals surface area (Å²) in [6.07, 6.45) is 0. The zero-order chi connectivity index (χ0) is 24.4. The van der Waals surface area contributed by atoms with Gasteiger partial charge in [-0.1, -0.05) is 54.6 Å². The van der Waals surface area contributed by atoms with Crippen LogP contribution in [-0.4, -0.2) is 21.1 Å². The lowest BCUT2D eigenvalue weighted by molar-refractivity contribution is 0.0977. The number of aromatic hydroxyl groups is 1. The average molecular weight is 480 g/mol. The van der Waals surface area contributed by atoms with Crippen LogP contribution in [0.15, 0.2) is 95.4 Å². The molecule has 7 heteroatoms. The van der Waals surface area contributed by atoms with Crippen LogP contribution in [-0.2, 0) is 0 Å². The predicted molar refractivity (Wildman–Crippen MR) is 141 cm³/mol. The van der Waals surface area contributed by atoms with Crippen molar-refractivity contribution in [1.82, 2.24) is 10.3 Å². The van der Waals surface area contributed by atoms with E-state index >= 15 is 0 Å². The third-order valence-electron chi connectivity index (χ3n) is 5.56. The number of hydrogen-bond acceptors (Lipinski definition) is 5. The molecule has 0 bridgehead atoms. The fraction of sp³-hybridized carbons (Fsp3) is 0.0357. The second-order valence-corrected chi connectivity index (χ2v) is 8.44. The number of phenols is 1. The van der Waals surface area contributed by atoms with Gasteiger partial charge >= 0.3 is 0 Å². The number of hydrogen-bond donors (Lipinski definition) is 3. The normalized spacial score (nSPS) is 10.8. The Balaban J connectivity index is 1.31. The summed E-state index contributed by atoms with van der Waals surface area (Å²) < 4.78 is 5.81. The molecule has 172 valence electrons.